The number of nitrogens with zero attached hydrogens (tertiary/aromatic N) is 2. The molecule has 0 radical (unpaired) electrons. The van der Waals surface area contributed by atoms with Gasteiger partial charge in [-0.3, -0.25) is 29.4 Å². The molecule has 9 heteroatoms. The highest BCUT2D eigenvalue weighted by Crippen LogP contribution is 2.56. The summed E-state index contributed by atoms with van der Waals surface area (Å²) in [6.45, 7) is -0.572. The lowest BCUT2D eigenvalue weighted by Gasteiger charge is -2.19. The first kappa shape index (κ1) is 21.0. The topological polar surface area (TPSA) is 124 Å². The first-order valence-electron chi connectivity index (χ1n) is 10.8. The van der Waals surface area contributed by atoms with Gasteiger partial charge in [0.05, 0.1) is 28.0 Å². The Morgan fingerprint density at radius 3 is 2.21 bits per heavy atom. The molecular formula is C24H20N2O7. The van der Waals surface area contributed by atoms with Crippen LogP contribution in [-0.2, 0) is 14.3 Å². The highest BCUT2D eigenvalue weighted by atomic mass is 16.6. The Labute approximate surface area is 188 Å². The van der Waals surface area contributed by atoms with Crippen LogP contribution >= 0.6 is 0 Å². The molecule has 2 aromatic rings. The van der Waals surface area contributed by atoms with Gasteiger partial charge >= 0.3 is 5.97 Å². The predicted octanol–water partition coefficient (Wildman–Crippen LogP) is 3.17. The second-order valence-electron chi connectivity index (χ2n) is 8.75. The maximum Gasteiger partial charge on any atom is 0.338 e. The molecular weight excluding hydrogens is 428 g/mol. The van der Waals surface area contributed by atoms with E-state index in [2.05, 4.69) is 0 Å². The first-order valence-corrected chi connectivity index (χ1v) is 10.8. The van der Waals surface area contributed by atoms with E-state index in [0.717, 1.165) is 25.3 Å². The van der Waals surface area contributed by atoms with E-state index in [9.17, 15) is 29.3 Å². The lowest BCUT2D eigenvalue weighted by molar-refractivity contribution is -0.384. The summed E-state index contributed by atoms with van der Waals surface area (Å²) in [5, 5.41) is 10.8. The van der Waals surface area contributed by atoms with Crippen molar-refractivity contribution in [3.05, 3.63) is 69.8 Å². The summed E-state index contributed by atoms with van der Waals surface area (Å²) in [6.07, 6.45) is 2.96. The molecule has 2 aliphatic carbocycles. The second-order valence-corrected chi connectivity index (χ2v) is 8.75. The van der Waals surface area contributed by atoms with E-state index < -0.39 is 23.3 Å². The van der Waals surface area contributed by atoms with E-state index in [4.69, 9.17) is 4.74 Å². The van der Waals surface area contributed by atoms with Gasteiger partial charge < -0.3 is 4.74 Å². The largest absolute Gasteiger partial charge is 0.454 e. The first-order chi connectivity index (χ1) is 15.8. The second kappa shape index (κ2) is 7.91. The zero-order valence-corrected chi connectivity index (χ0v) is 17.5. The molecule has 3 fully saturated rings. The summed E-state index contributed by atoms with van der Waals surface area (Å²) >= 11 is 0. The smallest absolute Gasteiger partial charge is 0.338 e. The molecule has 9 nitrogen and oxygen atoms in total. The number of ketones is 1. The average Bonchev–Trinajstić information content (AvgIpc) is 3.51. The van der Waals surface area contributed by atoms with Gasteiger partial charge in [0.15, 0.2) is 6.61 Å². The maximum atomic E-state index is 12.9. The fourth-order valence-corrected chi connectivity index (χ4v) is 5.50. The number of nitro groups is 1. The Bertz CT molecular complexity index is 1160. The van der Waals surface area contributed by atoms with Crippen LogP contribution in [0.5, 0.6) is 0 Å². The number of carbonyl (C=O) groups is 4. The molecule has 4 atom stereocenters. The third-order valence-electron chi connectivity index (χ3n) is 7.00. The van der Waals surface area contributed by atoms with Gasteiger partial charge in [0.25, 0.3) is 5.69 Å². The Hall–Kier alpha value is -3.88. The Balaban J connectivity index is 1.24. The Morgan fingerprint density at radius 2 is 1.61 bits per heavy atom. The molecule has 1 aliphatic heterocycles. The summed E-state index contributed by atoms with van der Waals surface area (Å²) in [7, 11) is 0. The van der Waals surface area contributed by atoms with Crippen molar-refractivity contribution in [3.63, 3.8) is 0 Å². The number of carbonyl (C=O) groups excluding carboxylic acids is 4. The standard InChI is InChI=1S/C24H20N2O7/c27-19(14-2-1-3-18(11-14)26(31)32)12-33-24(30)13-6-8-17(9-7-13)25-22(28)20-15-4-5-16(10-15)21(20)23(25)29/h1-3,6-9,11,15-16,20-21H,4-5,10,12H2/t15-,16+,20-,21+. The number of esters is 1. The fourth-order valence-electron chi connectivity index (χ4n) is 5.50. The number of hydrogen-bond acceptors (Lipinski definition) is 7. The van der Waals surface area contributed by atoms with Crippen LogP contribution < -0.4 is 4.90 Å². The van der Waals surface area contributed by atoms with E-state index in [1.807, 2.05) is 0 Å². The van der Waals surface area contributed by atoms with E-state index in [1.165, 1.54) is 47.4 Å². The van der Waals surface area contributed by atoms with E-state index in [1.54, 1.807) is 0 Å². The van der Waals surface area contributed by atoms with Crippen molar-refractivity contribution in [2.24, 2.45) is 23.7 Å². The van der Waals surface area contributed by atoms with Crippen molar-refractivity contribution >= 4 is 34.9 Å². The number of benzene rings is 2. The van der Waals surface area contributed by atoms with Crippen LogP contribution in [0, 0.1) is 33.8 Å². The van der Waals surface area contributed by atoms with E-state index in [0.29, 0.717) is 17.5 Å². The molecule has 2 amide bonds. The van der Waals surface area contributed by atoms with Gasteiger partial charge in [-0.2, -0.15) is 0 Å². The number of anilines is 1. The van der Waals surface area contributed by atoms with Gasteiger partial charge in [0.2, 0.25) is 17.6 Å². The van der Waals surface area contributed by atoms with E-state index >= 15 is 0 Å². The number of ether oxygens (including phenoxy) is 1. The van der Waals surface area contributed by atoms with Crippen LogP contribution in [0.1, 0.15) is 40.0 Å². The van der Waals surface area contributed by atoms with Crippen LogP contribution in [0.2, 0.25) is 0 Å². The normalized spacial score (nSPS) is 25.3. The van der Waals surface area contributed by atoms with Crippen molar-refractivity contribution in [2.45, 2.75) is 19.3 Å². The third kappa shape index (κ3) is 3.49. The minimum Gasteiger partial charge on any atom is -0.454 e. The molecule has 0 spiro atoms. The van der Waals surface area contributed by atoms with Gasteiger partial charge in [0.1, 0.15) is 0 Å². The van der Waals surface area contributed by atoms with Crippen molar-refractivity contribution < 1.29 is 28.8 Å². The van der Waals surface area contributed by atoms with Gasteiger partial charge in [-0.1, -0.05) is 12.1 Å². The number of non-ortho nitro benzene ring substituents is 1. The molecule has 3 aliphatic rings. The summed E-state index contributed by atoms with van der Waals surface area (Å²) in [4.78, 5) is 61.9. The minimum atomic E-state index is -0.755. The molecule has 1 heterocycles. The number of rotatable bonds is 6. The average molecular weight is 448 g/mol. The summed E-state index contributed by atoms with van der Waals surface area (Å²) in [6, 6.07) is 11.1. The number of Topliss-reactive ketones (excluding diaryl/α,β-unsaturated/α-hetero) is 1. The molecule has 0 aromatic heterocycles. The molecule has 1 saturated heterocycles. The lowest BCUT2D eigenvalue weighted by Crippen LogP contribution is -2.32. The molecule has 33 heavy (non-hydrogen) atoms. The van der Waals surface area contributed by atoms with Crippen LogP contribution in [0.3, 0.4) is 0 Å². The molecule has 168 valence electrons. The van der Waals surface area contributed by atoms with Crippen molar-refractivity contribution in [1.82, 2.24) is 0 Å². The Kier molecular flexibility index (Phi) is 5.03. The predicted molar refractivity (Wildman–Crippen MR) is 114 cm³/mol. The number of amides is 2. The van der Waals surface area contributed by atoms with Gasteiger partial charge in [-0.05, 0) is 55.4 Å². The van der Waals surface area contributed by atoms with Gasteiger partial charge in [0, 0.05) is 17.7 Å². The quantitative estimate of drug-likeness (QED) is 0.219. The van der Waals surface area contributed by atoms with Crippen molar-refractivity contribution in [1.29, 1.82) is 0 Å². The number of hydrogen-bond donors (Lipinski definition) is 0. The zero-order chi connectivity index (χ0) is 23.3. The molecule has 2 saturated carbocycles. The maximum absolute atomic E-state index is 12.9. The molecule has 5 rings (SSSR count). The highest BCUT2D eigenvalue weighted by Gasteiger charge is 2.61. The van der Waals surface area contributed by atoms with Gasteiger partial charge in [-0.15, -0.1) is 0 Å². The van der Waals surface area contributed by atoms with Crippen molar-refractivity contribution in [2.75, 3.05) is 11.5 Å². The van der Waals surface area contributed by atoms with Crippen LogP contribution in [0.4, 0.5) is 11.4 Å². The van der Waals surface area contributed by atoms with Crippen molar-refractivity contribution in [3.8, 4) is 0 Å². The summed E-state index contributed by atoms with van der Waals surface area (Å²) in [5.41, 5.74) is 0.414. The number of fused-ring (bicyclic) bond motifs is 5. The Morgan fingerprint density at radius 1 is 0.970 bits per heavy atom. The van der Waals surface area contributed by atoms with Gasteiger partial charge in [-0.25, -0.2) is 4.79 Å². The van der Waals surface area contributed by atoms with Crippen LogP contribution in [0.25, 0.3) is 0 Å². The zero-order valence-electron chi connectivity index (χ0n) is 17.5. The molecule has 2 bridgehead atoms. The van der Waals surface area contributed by atoms with E-state index in [-0.39, 0.29) is 40.5 Å². The highest BCUT2D eigenvalue weighted by molar-refractivity contribution is 6.22. The number of imide groups is 1. The summed E-state index contributed by atoms with van der Waals surface area (Å²) in [5.74, 6) is -1.50. The monoisotopic (exact) mass is 448 g/mol. The molecule has 2 aromatic carbocycles. The third-order valence-corrected chi connectivity index (χ3v) is 7.00. The fraction of sp³-hybridized carbons (Fsp3) is 0.333. The SMILES string of the molecule is O=C(COC(=O)c1ccc(N2C(=O)[C@@H]3[C@@H]4CC[C@@H](C4)[C@@H]3C2=O)cc1)c1cccc([N+](=O)[O-])c1. The molecule has 0 N–H and O–H groups in total. The lowest BCUT2D eigenvalue weighted by atomic mass is 9.81. The summed E-state index contributed by atoms with van der Waals surface area (Å²) < 4.78 is 5.04. The molecule has 0 unspecified atom stereocenters. The number of nitro benzene ring substituents is 1. The van der Waals surface area contributed by atoms with Crippen LogP contribution in [0.15, 0.2) is 48.5 Å². The van der Waals surface area contributed by atoms with Crippen LogP contribution in [-0.4, -0.2) is 35.1 Å². The minimum absolute atomic E-state index is 0.0675.